The summed E-state index contributed by atoms with van der Waals surface area (Å²) in [6.07, 6.45) is 3.17. The predicted octanol–water partition coefficient (Wildman–Crippen LogP) is -0.553. The fourth-order valence-corrected chi connectivity index (χ4v) is 2.47. The van der Waals surface area contributed by atoms with Gasteiger partial charge in [-0.1, -0.05) is 0 Å². The van der Waals surface area contributed by atoms with E-state index in [0.717, 1.165) is 65.2 Å². The topological polar surface area (TPSA) is 61.9 Å². The molecule has 2 heterocycles. The molecule has 6 nitrogen and oxygen atoms in total. The van der Waals surface area contributed by atoms with Gasteiger partial charge >= 0.3 is 11.8 Å². The molecule has 2 rings (SSSR count). The number of hydrogen-bond donors (Lipinski definition) is 1. The second-order valence-electron chi connectivity index (χ2n) is 5.06. The van der Waals surface area contributed by atoms with Gasteiger partial charge < -0.3 is 15.0 Å². The van der Waals surface area contributed by atoms with E-state index >= 15 is 0 Å². The fraction of sp³-hybridized carbons (Fsp3) is 0.846. The minimum atomic E-state index is -0.463. The Balaban J connectivity index is 1.64. The summed E-state index contributed by atoms with van der Waals surface area (Å²) in [5, 5.41) is 2.71. The number of carbonyl (C=O) groups excluding carboxylic acids is 2. The van der Waals surface area contributed by atoms with Gasteiger partial charge in [0.15, 0.2) is 0 Å². The monoisotopic (exact) mass is 269 g/mol. The van der Waals surface area contributed by atoms with Crippen molar-refractivity contribution in [3.63, 3.8) is 0 Å². The van der Waals surface area contributed by atoms with Gasteiger partial charge in [0.1, 0.15) is 0 Å². The number of amides is 2. The third kappa shape index (κ3) is 4.47. The summed E-state index contributed by atoms with van der Waals surface area (Å²) in [6, 6.07) is 0. The SMILES string of the molecule is O=C(NCCN1CCOCC1)C(=O)N1CCCCC1. The quantitative estimate of drug-likeness (QED) is 0.698. The average Bonchev–Trinajstić information content (AvgIpc) is 2.48. The highest BCUT2D eigenvalue weighted by Gasteiger charge is 2.23. The minimum Gasteiger partial charge on any atom is -0.379 e. The molecular formula is C13H23N3O3. The van der Waals surface area contributed by atoms with Crippen LogP contribution in [0, 0.1) is 0 Å². The zero-order valence-corrected chi connectivity index (χ0v) is 11.4. The summed E-state index contributed by atoms with van der Waals surface area (Å²) in [5.74, 6) is -0.836. The molecule has 2 fully saturated rings. The van der Waals surface area contributed by atoms with Gasteiger partial charge in [0, 0.05) is 39.3 Å². The molecule has 0 unspecified atom stereocenters. The zero-order valence-electron chi connectivity index (χ0n) is 11.4. The van der Waals surface area contributed by atoms with Crippen molar-refractivity contribution in [2.45, 2.75) is 19.3 Å². The molecule has 6 heteroatoms. The van der Waals surface area contributed by atoms with E-state index in [1.54, 1.807) is 4.90 Å². The van der Waals surface area contributed by atoms with E-state index in [9.17, 15) is 9.59 Å². The van der Waals surface area contributed by atoms with Crippen molar-refractivity contribution in [3.05, 3.63) is 0 Å². The second kappa shape index (κ2) is 7.45. The Hall–Kier alpha value is -1.14. The van der Waals surface area contributed by atoms with E-state index in [1.807, 2.05) is 0 Å². The summed E-state index contributed by atoms with van der Waals surface area (Å²) < 4.78 is 5.25. The molecule has 0 aromatic rings. The highest BCUT2D eigenvalue weighted by Crippen LogP contribution is 2.08. The maximum atomic E-state index is 11.9. The molecule has 0 aliphatic carbocycles. The molecule has 0 radical (unpaired) electrons. The maximum Gasteiger partial charge on any atom is 0.311 e. The molecule has 2 aliphatic heterocycles. The standard InChI is InChI=1S/C13H23N3O3/c17-12(13(18)16-5-2-1-3-6-16)14-4-7-15-8-10-19-11-9-15/h1-11H2,(H,14,17). The van der Waals surface area contributed by atoms with Crippen LogP contribution < -0.4 is 5.32 Å². The lowest BCUT2D eigenvalue weighted by Crippen LogP contribution is -2.47. The predicted molar refractivity (Wildman–Crippen MR) is 70.7 cm³/mol. The summed E-state index contributed by atoms with van der Waals surface area (Å²) in [5.41, 5.74) is 0. The van der Waals surface area contributed by atoms with Crippen molar-refractivity contribution in [2.24, 2.45) is 0 Å². The number of morpholine rings is 1. The molecule has 0 atom stereocenters. The molecule has 0 bridgehead atoms. The van der Waals surface area contributed by atoms with Gasteiger partial charge in [-0.25, -0.2) is 0 Å². The van der Waals surface area contributed by atoms with Gasteiger partial charge in [-0.2, -0.15) is 0 Å². The lowest BCUT2D eigenvalue weighted by atomic mass is 10.1. The average molecular weight is 269 g/mol. The highest BCUT2D eigenvalue weighted by molar-refractivity contribution is 6.35. The van der Waals surface area contributed by atoms with Crippen molar-refractivity contribution in [1.82, 2.24) is 15.1 Å². The van der Waals surface area contributed by atoms with Crippen LogP contribution in [0.25, 0.3) is 0 Å². The van der Waals surface area contributed by atoms with Gasteiger partial charge in [0.2, 0.25) is 0 Å². The summed E-state index contributed by atoms with van der Waals surface area (Å²) in [7, 11) is 0. The van der Waals surface area contributed by atoms with Crippen LogP contribution in [0.5, 0.6) is 0 Å². The van der Waals surface area contributed by atoms with Gasteiger partial charge in [-0.3, -0.25) is 14.5 Å². The van der Waals surface area contributed by atoms with E-state index in [2.05, 4.69) is 10.2 Å². The van der Waals surface area contributed by atoms with E-state index in [-0.39, 0.29) is 5.91 Å². The lowest BCUT2D eigenvalue weighted by molar-refractivity contribution is -0.146. The van der Waals surface area contributed by atoms with Gasteiger partial charge in [-0.05, 0) is 19.3 Å². The molecule has 0 aromatic heterocycles. The van der Waals surface area contributed by atoms with Crippen molar-refractivity contribution < 1.29 is 14.3 Å². The van der Waals surface area contributed by atoms with Crippen LogP contribution >= 0.6 is 0 Å². The molecule has 0 saturated carbocycles. The first-order valence-electron chi connectivity index (χ1n) is 7.14. The van der Waals surface area contributed by atoms with Crippen LogP contribution in [0.3, 0.4) is 0 Å². The van der Waals surface area contributed by atoms with Gasteiger partial charge in [0.05, 0.1) is 13.2 Å². The molecule has 2 saturated heterocycles. The molecule has 1 N–H and O–H groups in total. The first-order valence-corrected chi connectivity index (χ1v) is 7.14. The Bertz CT molecular complexity index is 310. The number of piperidine rings is 1. The van der Waals surface area contributed by atoms with E-state index in [1.165, 1.54) is 0 Å². The highest BCUT2D eigenvalue weighted by atomic mass is 16.5. The minimum absolute atomic E-state index is 0.373. The molecule has 2 aliphatic rings. The number of rotatable bonds is 3. The summed E-state index contributed by atoms with van der Waals surface area (Å²) in [4.78, 5) is 27.5. The molecule has 0 aromatic carbocycles. The van der Waals surface area contributed by atoms with E-state index in [4.69, 9.17) is 4.74 Å². The van der Waals surface area contributed by atoms with Crippen molar-refractivity contribution >= 4 is 11.8 Å². The van der Waals surface area contributed by atoms with Gasteiger partial charge in [-0.15, -0.1) is 0 Å². The van der Waals surface area contributed by atoms with Crippen LogP contribution in [0.4, 0.5) is 0 Å². The first-order chi connectivity index (χ1) is 9.27. The van der Waals surface area contributed by atoms with Crippen molar-refractivity contribution in [1.29, 1.82) is 0 Å². The Kier molecular flexibility index (Phi) is 5.60. The molecule has 19 heavy (non-hydrogen) atoms. The Morgan fingerprint density at radius 3 is 2.37 bits per heavy atom. The van der Waals surface area contributed by atoms with Crippen LogP contribution in [0.1, 0.15) is 19.3 Å². The second-order valence-corrected chi connectivity index (χ2v) is 5.06. The Morgan fingerprint density at radius 2 is 1.68 bits per heavy atom. The fourth-order valence-electron chi connectivity index (χ4n) is 2.47. The van der Waals surface area contributed by atoms with Crippen molar-refractivity contribution in [3.8, 4) is 0 Å². The van der Waals surface area contributed by atoms with Gasteiger partial charge in [0.25, 0.3) is 0 Å². The Labute approximate surface area is 114 Å². The summed E-state index contributed by atoms with van der Waals surface area (Å²) >= 11 is 0. The third-order valence-electron chi connectivity index (χ3n) is 3.65. The normalized spacial score (nSPS) is 21.2. The Morgan fingerprint density at radius 1 is 1.00 bits per heavy atom. The molecule has 108 valence electrons. The number of hydrogen-bond acceptors (Lipinski definition) is 4. The first kappa shape index (κ1) is 14.3. The largest absolute Gasteiger partial charge is 0.379 e. The number of carbonyl (C=O) groups is 2. The van der Waals surface area contributed by atoms with Crippen LogP contribution in [-0.2, 0) is 14.3 Å². The van der Waals surface area contributed by atoms with Crippen LogP contribution in [-0.4, -0.2) is 74.1 Å². The maximum absolute atomic E-state index is 11.9. The molecule has 0 spiro atoms. The van der Waals surface area contributed by atoms with Crippen LogP contribution in [0.15, 0.2) is 0 Å². The lowest BCUT2D eigenvalue weighted by Gasteiger charge is -2.27. The smallest absolute Gasteiger partial charge is 0.311 e. The number of likely N-dealkylation sites (tertiary alicyclic amines) is 1. The number of ether oxygens (including phenoxy) is 1. The number of nitrogens with one attached hydrogen (secondary N) is 1. The molecule has 2 amide bonds. The zero-order chi connectivity index (χ0) is 13.5. The van der Waals surface area contributed by atoms with E-state index < -0.39 is 5.91 Å². The third-order valence-corrected chi connectivity index (χ3v) is 3.65. The van der Waals surface area contributed by atoms with E-state index in [0.29, 0.717) is 6.54 Å². The summed E-state index contributed by atoms with van der Waals surface area (Å²) in [6.45, 7) is 6.04. The van der Waals surface area contributed by atoms with Crippen molar-refractivity contribution in [2.75, 3.05) is 52.5 Å². The molecular weight excluding hydrogens is 246 g/mol. The number of nitrogens with zero attached hydrogens (tertiary/aromatic N) is 2. The van der Waals surface area contributed by atoms with Crippen LogP contribution in [0.2, 0.25) is 0 Å².